The fourth-order valence-electron chi connectivity index (χ4n) is 2.15. The number of methoxy groups -OCH3 is 1. The predicted octanol–water partition coefficient (Wildman–Crippen LogP) is 2.81. The summed E-state index contributed by atoms with van der Waals surface area (Å²) in [4.78, 5) is 0. The van der Waals surface area contributed by atoms with Crippen LogP contribution in [-0.4, -0.2) is 19.3 Å². The summed E-state index contributed by atoms with van der Waals surface area (Å²) < 4.78 is 11.2. The zero-order valence-electron chi connectivity index (χ0n) is 10.4. The normalized spacial score (nSPS) is 20.4. The van der Waals surface area contributed by atoms with E-state index in [4.69, 9.17) is 9.15 Å². The Hall–Kier alpha value is -0.800. The first-order valence-electron chi connectivity index (χ1n) is 6.00. The third kappa shape index (κ3) is 2.30. The monoisotopic (exact) mass is 223 g/mol. The lowest BCUT2D eigenvalue weighted by atomic mass is 9.80. The van der Waals surface area contributed by atoms with Gasteiger partial charge in [-0.1, -0.05) is 0 Å². The molecule has 1 fully saturated rings. The Balaban J connectivity index is 1.86. The second-order valence-corrected chi connectivity index (χ2v) is 4.79. The lowest BCUT2D eigenvalue weighted by Gasteiger charge is -2.41. The maximum atomic E-state index is 5.59. The highest BCUT2D eigenvalue weighted by Gasteiger charge is 2.36. The average molecular weight is 223 g/mol. The van der Waals surface area contributed by atoms with Gasteiger partial charge in [-0.2, -0.15) is 0 Å². The Morgan fingerprint density at radius 3 is 2.69 bits per heavy atom. The molecule has 1 heterocycles. The van der Waals surface area contributed by atoms with E-state index in [1.807, 2.05) is 26.2 Å². The van der Waals surface area contributed by atoms with Crippen LogP contribution < -0.4 is 5.32 Å². The van der Waals surface area contributed by atoms with Crippen molar-refractivity contribution < 1.29 is 9.15 Å². The van der Waals surface area contributed by atoms with E-state index in [-0.39, 0.29) is 11.6 Å². The quantitative estimate of drug-likeness (QED) is 0.833. The van der Waals surface area contributed by atoms with Gasteiger partial charge in [0.15, 0.2) is 0 Å². The number of furan rings is 1. The number of hydrogen-bond donors (Lipinski definition) is 1. The molecule has 2 rings (SSSR count). The standard InChI is InChI=1S/C13H21NO2/c1-10-5-6-12(16-10)11(2)14-9-13(15-3)7-4-8-13/h5-6,11,14H,4,7-9H2,1-3H3. The molecule has 1 aromatic rings. The van der Waals surface area contributed by atoms with E-state index in [9.17, 15) is 0 Å². The molecule has 1 unspecified atom stereocenters. The molecule has 0 radical (unpaired) electrons. The number of ether oxygens (including phenoxy) is 1. The van der Waals surface area contributed by atoms with Gasteiger partial charge in [0.1, 0.15) is 11.5 Å². The topological polar surface area (TPSA) is 34.4 Å². The Morgan fingerprint density at radius 1 is 1.50 bits per heavy atom. The minimum Gasteiger partial charge on any atom is -0.465 e. The van der Waals surface area contributed by atoms with Crippen molar-refractivity contribution in [2.45, 2.75) is 44.8 Å². The van der Waals surface area contributed by atoms with Gasteiger partial charge < -0.3 is 14.5 Å². The van der Waals surface area contributed by atoms with Crippen molar-refractivity contribution in [2.24, 2.45) is 0 Å². The van der Waals surface area contributed by atoms with Crippen molar-refractivity contribution in [3.05, 3.63) is 23.7 Å². The fourth-order valence-corrected chi connectivity index (χ4v) is 2.15. The van der Waals surface area contributed by atoms with Crippen molar-refractivity contribution in [1.29, 1.82) is 0 Å². The van der Waals surface area contributed by atoms with Crippen molar-refractivity contribution in [3.63, 3.8) is 0 Å². The van der Waals surface area contributed by atoms with Gasteiger partial charge in [-0.3, -0.25) is 0 Å². The molecule has 0 saturated heterocycles. The molecular formula is C13H21NO2. The SMILES string of the molecule is COC1(CNC(C)c2ccc(C)o2)CCC1. The molecule has 3 heteroatoms. The van der Waals surface area contributed by atoms with Gasteiger partial charge in [0, 0.05) is 13.7 Å². The third-order valence-corrected chi connectivity index (χ3v) is 3.62. The van der Waals surface area contributed by atoms with E-state index >= 15 is 0 Å². The Labute approximate surface area is 97.2 Å². The smallest absolute Gasteiger partial charge is 0.120 e. The van der Waals surface area contributed by atoms with Crippen LogP contribution in [0.15, 0.2) is 16.5 Å². The summed E-state index contributed by atoms with van der Waals surface area (Å²) in [6, 6.07) is 4.29. The van der Waals surface area contributed by atoms with Gasteiger partial charge in [0.25, 0.3) is 0 Å². The van der Waals surface area contributed by atoms with Crippen molar-refractivity contribution in [3.8, 4) is 0 Å². The maximum Gasteiger partial charge on any atom is 0.120 e. The van der Waals surface area contributed by atoms with Gasteiger partial charge in [-0.05, 0) is 45.2 Å². The van der Waals surface area contributed by atoms with Crippen molar-refractivity contribution >= 4 is 0 Å². The van der Waals surface area contributed by atoms with Gasteiger partial charge in [-0.15, -0.1) is 0 Å². The van der Waals surface area contributed by atoms with Gasteiger partial charge in [0.05, 0.1) is 11.6 Å². The van der Waals surface area contributed by atoms with E-state index in [0.717, 1.165) is 18.1 Å². The van der Waals surface area contributed by atoms with Crippen LogP contribution >= 0.6 is 0 Å². The first-order chi connectivity index (χ1) is 7.65. The highest BCUT2D eigenvalue weighted by molar-refractivity contribution is 5.09. The van der Waals surface area contributed by atoms with Crippen LogP contribution in [0.3, 0.4) is 0 Å². The highest BCUT2D eigenvalue weighted by Crippen LogP contribution is 2.34. The molecule has 0 aliphatic heterocycles. The van der Waals surface area contributed by atoms with Crippen LogP contribution in [-0.2, 0) is 4.74 Å². The summed E-state index contributed by atoms with van der Waals surface area (Å²) >= 11 is 0. The summed E-state index contributed by atoms with van der Waals surface area (Å²) in [5, 5.41) is 3.49. The number of nitrogens with one attached hydrogen (secondary N) is 1. The van der Waals surface area contributed by atoms with E-state index in [1.165, 1.54) is 19.3 Å². The summed E-state index contributed by atoms with van der Waals surface area (Å²) in [6.45, 7) is 5.00. The van der Waals surface area contributed by atoms with Crippen LogP contribution in [0.1, 0.15) is 43.7 Å². The molecule has 1 aliphatic rings. The van der Waals surface area contributed by atoms with Crippen LogP contribution in [0.5, 0.6) is 0 Å². The lowest BCUT2D eigenvalue weighted by molar-refractivity contribution is -0.0709. The molecule has 90 valence electrons. The molecule has 0 amide bonds. The second kappa shape index (κ2) is 4.60. The zero-order valence-corrected chi connectivity index (χ0v) is 10.4. The van der Waals surface area contributed by atoms with E-state index in [2.05, 4.69) is 12.2 Å². The fraction of sp³-hybridized carbons (Fsp3) is 0.692. The lowest BCUT2D eigenvalue weighted by Crippen LogP contribution is -2.48. The zero-order chi connectivity index (χ0) is 11.6. The van der Waals surface area contributed by atoms with Gasteiger partial charge in [-0.25, -0.2) is 0 Å². The third-order valence-electron chi connectivity index (χ3n) is 3.62. The largest absolute Gasteiger partial charge is 0.465 e. The summed E-state index contributed by atoms with van der Waals surface area (Å²) in [5.74, 6) is 1.97. The highest BCUT2D eigenvalue weighted by atomic mass is 16.5. The van der Waals surface area contributed by atoms with Crippen LogP contribution in [0.2, 0.25) is 0 Å². The molecule has 0 aromatic carbocycles. The Bertz CT molecular complexity index is 336. The summed E-state index contributed by atoms with van der Waals surface area (Å²) in [7, 11) is 1.81. The van der Waals surface area contributed by atoms with E-state index < -0.39 is 0 Å². The molecule has 1 atom stereocenters. The molecule has 1 aliphatic carbocycles. The molecule has 1 saturated carbocycles. The molecule has 0 spiro atoms. The molecule has 1 N–H and O–H groups in total. The number of hydrogen-bond acceptors (Lipinski definition) is 3. The first-order valence-corrected chi connectivity index (χ1v) is 6.00. The maximum absolute atomic E-state index is 5.59. The van der Waals surface area contributed by atoms with Crippen LogP contribution in [0.25, 0.3) is 0 Å². The van der Waals surface area contributed by atoms with Gasteiger partial charge >= 0.3 is 0 Å². The average Bonchev–Trinajstić information content (AvgIpc) is 2.64. The van der Waals surface area contributed by atoms with Crippen molar-refractivity contribution in [2.75, 3.05) is 13.7 Å². The van der Waals surface area contributed by atoms with E-state index in [1.54, 1.807) is 0 Å². The Kier molecular flexibility index (Phi) is 3.36. The van der Waals surface area contributed by atoms with Gasteiger partial charge in [0.2, 0.25) is 0 Å². The van der Waals surface area contributed by atoms with Crippen LogP contribution in [0.4, 0.5) is 0 Å². The van der Waals surface area contributed by atoms with E-state index in [0.29, 0.717) is 0 Å². The molecular weight excluding hydrogens is 202 g/mol. The molecule has 3 nitrogen and oxygen atoms in total. The summed E-state index contributed by atoms with van der Waals surface area (Å²) in [6.07, 6.45) is 3.62. The predicted molar refractivity (Wildman–Crippen MR) is 63.5 cm³/mol. The molecule has 1 aromatic heterocycles. The summed E-state index contributed by atoms with van der Waals surface area (Å²) in [5.41, 5.74) is 0.0793. The first kappa shape index (κ1) is 11.7. The molecule has 16 heavy (non-hydrogen) atoms. The minimum atomic E-state index is 0.0793. The number of aryl methyl sites for hydroxylation is 1. The van der Waals surface area contributed by atoms with Crippen LogP contribution in [0, 0.1) is 6.92 Å². The minimum absolute atomic E-state index is 0.0793. The Morgan fingerprint density at radius 2 is 2.25 bits per heavy atom. The number of rotatable bonds is 5. The molecule has 0 bridgehead atoms. The van der Waals surface area contributed by atoms with Crippen molar-refractivity contribution in [1.82, 2.24) is 5.32 Å². The second-order valence-electron chi connectivity index (χ2n) is 4.79.